The highest BCUT2D eigenvalue weighted by atomic mass is 32.1. The molecule has 1 atom stereocenters. The SMILES string of the molecule is O=C1CC(CS)CN1Cc1ccnc2[nH]ccc12. The molecule has 5 heteroatoms. The van der Waals surface area contributed by atoms with Crippen LogP contribution in [0, 0.1) is 5.92 Å². The van der Waals surface area contributed by atoms with Crippen molar-refractivity contribution in [3.8, 4) is 0 Å². The first-order valence-corrected chi connectivity index (χ1v) is 6.71. The highest BCUT2D eigenvalue weighted by Crippen LogP contribution is 2.23. The van der Waals surface area contributed by atoms with Crippen LogP contribution in [0.3, 0.4) is 0 Å². The molecule has 0 aromatic carbocycles. The molecule has 94 valence electrons. The minimum absolute atomic E-state index is 0.231. The lowest BCUT2D eigenvalue weighted by molar-refractivity contribution is -0.128. The molecule has 1 unspecified atom stereocenters. The summed E-state index contributed by atoms with van der Waals surface area (Å²) in [6.07, 6.45) is 4.29. The molecule has 1 amide bonds. The van der Waals surface area contributed by atoms with Gasteiger partial charge in [0.05, 0.1) is 0 Å². The molecule has 1 N–H and O–H groups in total. The van der Waals surface area contributed by atoms with Gasteiger partial charge in [0.15, 0.2) is 0 Å². The third-order valence-corrected chi connectivity index (χ3v) is 3.98. The molecule has 3 heterocycles. The van der Waals surface area contributed by atoms with Crippen molar-refractivity contribution in [2.45, 2.75) is 13.0 Å². The molecular weight excluding hydrogens is 246 g/mol. The highest BCUT2D eigenvalue weighted by Gasteiger charge is 2.28. The summed E-state index contributed by atoms with van der Waals surface area (Å²) in [4.78, 5) is 21.2. The molecule has 1 aliphatic rings. The summed E-state index contributed by atoms with van der Waals surface area (Å²) < 4.78 is 0. The molecule has 2 aromatic heterocycles. The number of carbonyl (C=O) groups excluding carboxylic acids is 1. The Kier molecular flexibility index (Phi) is 2.99. The van der Waals surface area contributed by atoms with Gasteiger partial charge >= 0.3 is 0 Å². The Balaban J connectivity index is 1.84. The molecule has 0 radical (unpaired) electrons. The highest BCUT2D eigenvalue weighted by molar-refractivity contribution is 7.80. The lowest BCUT2D eigenvalue weighted by Crippen LogP contribution is -2.24. The van der Waals surface area contributed by atoms with E-state index in [4.69, 9.17) is 0 Å². The number of amides is 1. The average molecular weight is 261 g/mol. The average Bonchev–Trinajstić information content (AvgIpc) is 2.97. The Bertz CT molecular complexity index is 580. The van der Waals surface area contributed by atoms with Gasteiger partial charge in [-0.3, -0.25) is 4.79 Å². The van der Waals surface area contributed by atoms with Gasteiger partial charge in [-0.2, -0.15) is 12.6 Å². The summed E-state index contributed by atoms with van der Waals surface area (Å²) in [5, 5.41) is 1.10. The molecule has 2 aromatic rings. The number of rotatable bonds is 3. The van der Waals surface area contributed by atoms with Crippen molar-refractivity contribution in [3.05, 3.63) is 30.1 Å². The number of pyridine rings is 1. The smallest absolute Gasteiger partial charge is 0.223 e. The van der Waals surface area contributed by atoms with Crippen molar-refractivity contribution in [1.82, 2.24) is 14.9 Å². The van der Waals surface area contributed by atoms with Crippen LogP contribution in [0.25, 0.3) is 11.0 Å². The van der Waals surface area contributed by atoms with Gasteiger partial charge in [-0.1, -0.05) is 0 Å². The number of carbonyl (C=O) groups is 1. The van der Waals surface area contributed by atoms with Gasteiger partial charge in [0.2, 0.25) is 5.91 Å². The summed E-state index contributed by atoms with van der Waals surface area (Å²) in [5.74, 6) is 1.40. The number of thiol groups is 1. The topological polar surface area (TPSA) is 49.0 Å². The van der Waals surface area contributed by atoms with Gasteiger partial charge in [0.25, 0.3) is 0 Å². The fraction of sp³-hybridized carbons (Fsp3) is 0.385. The molecule has 0 saturated carbocycles. The molecular formula is C13H15N3OS. The van der Waals surface area contributed by atoms with Gasteiger partial charge in [0.1, 0.15) is 5.65 Å². The van der Waals surface area contributed by atoms with Crippen molar-refractivity contribution in [3.63, 3.8) is 0 Å². The number of H-pyrrole nitrogens is 1. The predicted molar refractivity (Wildman–Crippen MR) is 73.5 cm³/mol. The van der Waals surface area contributed by atoms with Gasteiger partial charge in [-0.05, 0) is 29.4 Å². The molecule has 0 spiro atoms. The maximum Gasteiger partial charge on any atom is 0.223 e. The Morgan fingerprint density at radius 1 is 1.50 bits per heavy atom. The van der Waals surface area contributed by atoms with Crippen LogP contribution >= 0.6 is 12.6 Å². The van der Waals surface area contributed by atoms with Crippen LogP contribution in [-0.4, -0.2) is 33.1 Å². The molecule has 4 nitrogen and oxygen atoms in total. The fourth-order valence-corrected chi connectivity index (χ4v) is 2.74. The van der Waals surface area contributed by atoms with E-state index >= 15 is 0 Å². The van der Waals surface area contributed by atoms with Crippen LogP contribution in [-0.2, 0) is 11.3 Å². The Morgan fingerprint density at radius 2 is 2.39 bits per heavy atom. The van der Waals surface area contributed by atoms with Crippen molar-refractivity contribution >= 4 is 29.6 Å². The number of aromatic nitrogens is 2. The van der Waals surface area contributed by atoms with Gasteiger partial charge < -0.3 is 9.88 Å². The van der Waals surface area contributed by atoms with Crippen LogP contribution in [0.2, 0.25) is 0 Å². The number of nitrogens with zero attached hydrogens (tertiary/aromatic N) is 2. The van der Waals surface area contributed by atoms with E-state index in [-0.39, 0.29) is 5.91 Å². The molecule has 1 saturated heterocycles. The van der Waals surface area contributed by atoms with E-state index in [0.29, 0.717) is 18.9 Å². The number of aromatic amines is 1. The number of hydrogen-bond acceptors (Lipinski definition) is 3. The van der Waals surface area contributed by atoms with E-state index in [1.54, 1.807) is 6.20 Å². The van der Waals surface area contributed by atoms with E-state index in [9.17, 15) is 4.79 Å². The largest absolute Gasteiger partial charge is 0.346 e. The molecule has 0 bridgehead atoms. The monoisotopic (exact) mass is 261 g/mol. The van der Waals surface area contributed by atoms with Crippen molar-refractivity contribution in [2.24, 2.45) is 5.92 Å². The maximum absolute atomic E-state index is 11.9. The fourth-order valence-electron chi connectivity index (χ4n) is 2.49. The second kappa shape index (κ2) is 4.65. The zero-order valence-electron chi connectivity index (χ0n) is 9.97. The first-order chi connectivity index (χ1) is 8.78. The maximum atomic E-state index is 11.9. The normalized spacial score (nSPS) is 19.9. The molecule has 1 fully saturated rings. The minimum atomic E-state index is 0.231. The van der Waals surface area contributed by atoms with Gasteiger partial charge in [-0.15, -0.1) is 0 Å². The first-order valence-electron chi connectivity index (χ1n) is 6.07. The Labute approximate surface area is 111 Å². The van der Waals surface area contributed by atoms with E-state index in [1.807, 2.05) is 23.2 Å². The summed E-state index contributed by atoms with van der Waals surface area (Å²) in [6.45, 7) is 1.48. The zero-order valence-corrected chi connectivity index (χ0v) is 10.9. The zero-order chi connectivity index (χ0) is 12.5. The van der Waals surface area contributed by atoms with Gasteiger partial charge in [0, 0.05) is 37.3 Å². The summed E-state index contributed by atoms with van der Waals surface area (Å²) in [5.41, 5.74) is 2.03. The third-order valence-electron chi connectivity index (χ3n) is 3.46. The number of fused-ring (bicyclic) bond motifs is 1. The summed E-state index contributed by atoms with van der Waals surface area (Å²) in [7, 11) is 0. The lowest BCUT2D eigenvalue weighted by atomic mass is 10.1. The quantitative estimate of drug-likeness (QED) is 0.828. The molecule has 18 heavy (non-hydrogen) atoms. The van der Waals surface area contributed by atoms with Gasteiger partial charge in [-0.25, -0.2) is 4.98 Å². The van der Waals surface area contributed by atoms with Crippen LogP contribution in [0.4, 0.5) is 0 Å². The summed E-state index contributed by atoms with van der Waals surface area (Å²) in [6, 6.07) is 3.99. The molecule has 0 aliphatic carbocycles. The predicted octanol–water partition coefficient (Wildman–Crippen LogP) is 1.84. The van der Waals surface area contributed by atoms with Crippen LogP contribution < -0.4 is 0 Å². The standard InChI is InChI=1S/C13H15N3OS/c17-12-5-9(8-18)6-16(12)7-10-1-3-14-13-11(10)2-4-15-13/h1-4,9,18H,5-8H2,(H,14,15). The molecule has 1 aliphatic heterocycles. The number of nitrogens with one attached hydrogen (secondary N) is 1. The Morgan fingerprint density at radius 3 is 3.17 bits per heavy atom. The number of hydrogen-bond donors (Lipinski definition) is 2. The minimum Gasteiger partial charge on any atom is -0.346 e. The second-order valence-corrected chi connectivity index (χ2v) is 5.10. The second-order valence-electron chi connectivity index (χ2n) is 4.74. The van der Waals surface area contributed by atoms with Crippen molar-refractivity contribution in [1.29, 1.82) is 0 Å². The lowest BCUT2D eigenvalue weighted by Gasteiger charge is -2.16. The van der Waals surface area contributed by atoms with E-state index < -0.39 is 0 Å². The van der Waals surface area contributed by atoms with Crippen LogP contribution in [0.5, 0.6) is 0 Å². The van der Waals surface area contributed by atoms with Crippen LogP contribution in [0.1, 0.15) is 12.0 Å². The van der Waals surface area contributed by atoms with Crippen molar-refractivity contribution in [2.75, 3.05) is 12.3 Å². The Hall–Kier alpha value is -1.49. The number of likely N-dealkylation sites (tertiary alicyclic amines) is 1. The van der Waals surface area contributed by atoms with E-state index in [2.05, 4.69) is 22.6 Å². The summed E-state index contributed by atoms with van der Waals surface area (Å²) >= 11 is 4.28. The van der Waals surface area contributed by atoms with Crippen molar-refractivity contribution < 1.29 is 4.79 Å². The van der Waals surface area contributed by atoms with E-state index in [0.717, 1.165) is 28.9 Å². The van der Waals surface area contributed by atoms with E-state index in [1.165, 1.54) is 0 Å². The van der Waals surface area contributed by atoms with Crippen LogP contribution in [0.15, 0.2) is 24.5 Å². The third kappa shape index (κ3) is 1.99. The molecule has 3 rings (SSSR count). The first kappa shape index (κ1) is 11.6.